The van der Waals surface area contributed by atoms with Crippen LogP contribution in [-0.2, 0) is 14.3 Å². The van der Waals surface area contributed by atoms with Gasteiger partial charge in [-0.2, -0.15) is 0 Å². The van der Waals surface area contributed by atoms with Crippen LogP contribution in [0.3, 0.4) is 0 Å². The number of amides is 1. The Balaban J connectivity index is 1.79. The Hall–Kier alpha value is -1.60. The number of para-hydroxylation sites is 1. The fourth-order valence-corrected chi connectivity index (χ4v) is 3.67. The molecule has 1 aliphatic rings. The molecule has 0 bridgehead atoms. The van der Waals surface area contributed by atoms with E-state index in [0.29, 0.717) is 0 Å². The zero-order valence-electron chi connectivity index (χ0n) is 14.8. The lowest BCUT2D eigenvalue weighted by Crippen LogP contribution is -2.31. The van der Waals surface area contributed by atoms with Gasteiger partial charge in [-0.3, -0.25) is 9.59 Å². The van der Waals surface area contributed by atoms with Gasteiger partial charge < -0.3 is 15.0 Å². The molecule has 0 saturated carbocycles. The Kier molecular flexibility index (Phi) is 7.25. The van der Waals surface area contributed by atoms with Gasteiger partial charge >= 0.3 is 5.97 Å². The van der Waals surface area contributed by atoms with Gasteiger partial charge in [-0.05, 0) is 44.7 Å². The lowest BCUT2D eigenvalue weighted by atomic mass is 10.1. The second-order valence-corrected chi connectivity index (χ2v) is 7.75. The summed E-state index contributed by atoms with van der Waals surface area (Å²) >= 11 is 6.61. The third-order valence-electron chi connectivity index (χ3n) is 4.08. The lowest BCUT2D eigenvalue weighted by molar-refractivity contribution is -0.150. The number of hydrogen-bond donors (Lipinski definition) is 1. The third-order valence-corrected chi connectivity index (χ3v) is 5.58. The van der Waals surface area contributed by atoms with Gasteiger partial charge in [0.1, 0.15) is 4.32 Å². The summed E-state index contributed by atoms with van der Waals surface area (Å²) in [6, 6.07) is 5.79. The molecule has 0 unspecified atom stereocenters. The molecule has 1 N–H and O–H groups in total. The number of ether oxygens (including phenoxy) is 1. The maximum Gasteiger partial charge on any atom is 0.317 e. The van der Waals surface area contributed by atoms with Crippen molar-refractivity contribution in [2.75, 3.05) is 24.2 Å². The Morgan fingerprint density at radius 3 is 2.48 bits per heavy atom. The van der Waals surface area contributed by atoms with Gasteiger partial charge in [0.05, 0.1) is 5.75 Å². The van der Waals surface area contributed by atoms with Gasteiger partial charge in [0.2, 0.25) is 0 Å². The van der Waals surface area contributed by atoms with Gasteiger partial charge in [-0.15, -0.1) is 0 Å². The number of likely N-dealkylation sites (tertiary alicyclic amines) is 1. The highest BCUT2D eigenvalue weighted by Gasteiger charge is 2.21. The van der Waals surface area contributed by atoms with Crippen molar-refractivity contribution in [2.24, 2.45) is 0 Å². The summed E-state index contributed by atoms with van der Waals surface area (Å²) in [6.45, 7) is 7.33. The number of rotatable bonds is 5. The minimum Gasteiger partial charge on any atom is -0.452 e. The van der Waals surface area contributed by atoms with E-state index in [2.05, 4.69) is 10.2 Å². The number of benzene rings is 1. The number of esters is 1. The van der Waals surface area contributed by atoms with E-state index in [1.165, 1.54) is 11.8 Å². The molecular weight excluding hydrogens is 356 g/mol. The molecule has 1 amide bonds. The summed E-state index contributed by atoms with van der Waals surface area (Å²) in [7, 11) is 0. The first kappa shape index (κ1) is 19.7. The quantitative estimate of drug-likeness (QED) is 0.625. The van der Waals surface area contributed by atoms with Crippen molar-refractivity contribution in [2.45, 2.75) is 39.7 Å². The average Bonchev–Trinajstić information content (AvgIpc) is 3.10. The van der Waals surface area contributed by atoms with Crippen molar-refractivity contribution < 1.29 is 14.3 Å². The first-order valence-electron chi connectivity index (χ1n) is 8.36. The fraction of sp³-hybridized carbons (Fsp3) is 0.500. The van der Waals surface area contributed by atoms with Crippen LogP contribution in [0.25, 0.3) is 0 Å². The molecule has 1 aliphatic heterocycles. The molecule has 1 aromatic rings. The molecule has 0 radical (unpaired) electrons. The van der Waals surface area contributed by atoms with Crippen LogP contribution in [0.15, 0.2) is 18.2 Å². The number of aryl methyl sites for hydroxylation is 2. The van der Waals surface area contributed by atoms with E-state index in [4.69, 9.17) is 17.0 Å². The highest BCUT2D eigenvalue weighted by atomic mass is 32.2. The zero-order valence-corrected chi connectivity index (χ0v) is 16.5. The van der Waals surface area contributed by atoms with Crippen LogP contribution in [0.1, 0.15) is 30.9 Å². The minimum atomic E-state index is -0.854. The van der Waals surface area contributed by atoms with Gasteiger partial charge in [-0.1, -0.05) is 42.2 Å². The van der Waals surface area contributed by atoms with E-state index in [1.54, 1.807) is 6.92 Å². The van der Waals surface area contributed by atoms with Crippen molar-refractivity contribution in [1.82, 2.24) is 4.90 Å². The Morgan fingerprint density at radius 1 is 1.28 bits per heavy atom. The topological polar surface area (TPSA) is 58.6 Å². The van der Waals surface area contributed by atoms with Gasteiger partial charge in [0.15, 0.2) is 6.10 Å². The monoisotopic (exact) mass is 380 g/mol. The summed E-state index contributed by atoms with van der Waals surface area (Å²) < 4.78 is 5.95. The second-order valence-electron chi connectivity index (χ2n) is 6.14. The first-order chi connectivity index (χ1) is 11.9. The fourth-order valence-electron chi connectivity index (χ4n) is 2.63. The SMILES string of the molecule is Cc1cccc(C)c1NC(=O)[C@@H](C)OC(=O)CSC(=S)N1CCCC1. The number of thioether (sulfide) groups is 1. The molecule has 1 saturated heterocycles. The smallest absolute Gasteiger partial charge is 0.317 e. The molecule has 1 aromatic carbocycles. The second kappa shape index (κ2) is 9.20. The highest BCUT2D eigenvalue weighted by molar-refractivity contribution is 8.23. The summed E-state index contributed by atoms with van der Waals surface area (Å²) in [5.41, 5.74) is 2.71. The summed E-state index contributed by atoms with van der Waals surface area (Å²) in [6.07, 6.45) is 1.42. The molecule has 1 fully saturated rings. The van der Waals surface area contributed by atoms with Gasteiger partial charge in [0, 0.05) is 18.8 Å². The zero-order chi connectivity index (χ0) is 18.4. The normalized spacial score (nSPS) is 14.9. The number of anilines is 1. The Bertz CT molecular complexity index is 637. The molecule has 0 aromatic heterocycles. The van der Waals surface area contributed by atoms with Crippen molar-refractivity contribution in [1.29, 1.82) is 0 Å². The molecule has 0 spiro atoms. The number of nitrogens with zero attached hydrogens (tertiary/aromatic N) is 1. The molecule has 1 atom stereocenters. The number of hydrogen-bond acceptors (Lipinski definition) is 5. The summed E-state index contributed by atoms with van der Waals surface area (Å²) in [5, 5.41) is 2.84. The van der Waals surface area contributed by atoms with E-state index < -0.39 is 12.1 Å². The van der Waals surface area contributed by atoms with Crippen LogP contribution in [0.5, 0.6) is 0 Å². The van der Waals surface area contributed by atoms with Crippen molar-refractivity contribution in [3.63, 3.8) is 0 Å². The molecule has 136 valence electrons. The van der Waals surface area contributed by atoms with Crippen LogP contribution in [0.2, 0.25) is 0 Å². The molecular formula is C18H24N2O3S2. The van der Waals surface area contributed by atoms with Crippen molar-refractivity contribution in [3.8, 4) is 0 Å². The van der Waals surface area contributed by atoms with Crippen molar-refractivity contribution in [3.05, 3.63) is 29.3 Å². The Labute approximate surface area is 158 Å². The van der Waals surface area contributed by atoms with Crippen molar-refractivity contribution >= 4 is 45.9 Å². The molecule has 7 heteroatoms. The minimum absolute atomic E-state index is 0.121. The van der Waals surface area contributed by atoms with E-state index in [-0.39, 0.29) is 11.7 Å². The molecule has 25 heavy (non-hydrogen) atoms. The number of carbonyl (C=O) groups excluding carboxylic acids is 2. The van der Waals surface area contributed by atoms with E-state index >= 15 is 0 Å². The maximum absolute atomic E-state index is 12.3. The molecule has 1 heterocycles. The molecule has 2 rings (SSSR count). The number of nitrogens with one attached hydrogen (secondary N) is 1. The van der Waals surface area contributed by atoms with Gasteiger partial charge in [0.25, 0.3) is 5.91 Å². The standard InChI is InChI=1S/C18H24N2O3S2/c1-12-7-6-8-13(2)16(12)19-17(22)14(3)23-15(21)11-25-18(24)20-9-4-5-10-20/h6-8,14H,4-5,9-11H2,1-3H3,(H,19,22)/t14-/m1/s1. The molecule has 5 nitrogen and oxygen atoms in total. The predicted molar refractivity (Wildman–Crippen MR) is 106 cm³/mol. The number of thiocarbonyl (C=S) groups is 1. The predicted octanol–water partition coefficient (Wildman–Crippen LogP) is 3.29. The third kappa shape index (κ3) is 5.71. The van der Waals surface area contributed by atoms with E-state index in [1.807, 2.05) is 32.0 Å². The largest absolute Gasteiger partial charge is 0.452 e. The van der Waals surface area contributed by atoms with Crippen LogP contribution < -0.4 is 5.32 Å². The average molecular weight is 381 g/mol. The van der Waals surface area contributed by atoms with Crippen LogP contribution in [0, 0.1) is 13.8 Å². The van der Waals surface area contributed by atoms with Crippen LogP contribution in [0.4, 0.5) is 5.69 Å². The number of carbonyl (C=O) groups is 2. The highest BCUT2D eigenvalue weighted by Crippen LogP contribution is 2.20. The lowest BCUT2D eigenvalue weighted by Gasteiger charge is -2.18. The van der Waals surface area contributed by atoms with Crippen LogP contribution >= 0.6 is 24.0 Å². The van der Waals surface area contributed by atoms with E-state index in [9.17, 15) is 9.59 Å². The maximum atomic E-state index is 12.3. The molecule has 0 aliphatic carbocycles. The van der Waals surface area contributed by atoms with Crippen LogP contribution in [-0.4, -0.2) is 46.0 Å². The Morgan fingerprint density at radius 2 is 1.88 bits per heavy atom. The van der Waals surface area contributed by atoms with Gasteiger partial charge in [-0.25, -0.2) is 0 Å². The summed E-state index contributed by atoms with van der Waals surface area (Å²) in [4.78, 5) is 26.3. The first-order valence-corrected chi connectivity index (χ1v) is 9.76. The summed E-state index contributed by atoms with van der Waals surface area (Å²) in [5.74, 6) is -0.648. The van der Waals surface area contributed by atoms with E-state index in [0.717, 1.165) is 47.1 Å².